The van der Waals surface area contributed by atoms with E-state index >= 15 is 0 Å². The Hall–Kier alpha value is -0.380. The van der Waals surface area contributed by atoms with Gasteiger partial charge >= 0.3 is 0 Å². The lowest BCUT2D eigenvalue weighted by Gasteiger charge is -2.43. The lowest BCUT2D eigenvalue weighted by Crippen LogP contribution is -2.51. The third-order valence-electron chi connectivity index (χ3n) is 4.44. The van der Waals surface area contributed by atoms with Crippen molar-refractivity contribution < 1.29 is 0 Å². The van der Waals surface area contributed by atoms with Crippen LogP contribution in [0.15, 0.2) is 11.4 Å². The summed E-state index contributed by atoms with van der Waals surface area (Å²) in [6.07, 6.45) is 3.90. The molecule has 3 heteroatoms. The topological polar surface area (TPSA) is 15.3 Å². The van der Waals surface area contributed by atoms with Crippen molar-refractivity contribution in [3.63, 3.8) is 0 Å². The van der Waals surface area contributed by atoms with Crippen LogP contribution in [0.5, 0.6) is 0 Å². The van der Waals surface area contributed by atoms with Gasteiger partial charge in [0.15, 0.2) is 0 Å². The molecule has 1 fully saturated rings. The second kappa shape index (κ2) is 6.38. The van der Waals surface area contributed by atoms with Crippen LogP contribution in [0.1, 0.15) is 56.5 Å². The number of thiophene rings is 1. The minimum absolute atomic E-state index is 0.192. The molecular formula is C16H28N2S. The number of hydrogen-bond acceptors (Lipinski definition) is 3. The Morgan fingerprint density at radius 1 is 1.37 bits per heavy atom. The van der Waals surface area contributed by atoms with E-state index in [-0.39, 0.29) is 5.54 Å². The molecule has 1 aromatic heterocycles. The zero-order valence-electron chi connectivity index (χ0n) is 12.8. The maximum atomic E-state index is 3.79. The molecule has 1 unspecified atom stereocenters. The summed E-state index contributed by atoms with van der Waals surface area (Å²) in [5.74, 6) is 0. The van der Waals surface area contributed by atoms with Crippen molar-refractivity contribution in [3.05, 3.63) is 21.9 Å². The average Bonchev–Trinajstić information content (AvgIpc) is 3.01. The summed E-state index contributed by atoms with van der Waals surface area (Å²) in [5, 5.41) is 6.02. The van der Waals surface area contributed by atoms with Crippen molar-refractivity contribution in [2.24, 2.45) is 0 Å². The van der Waals surface area contributed by atoms with E-state index in [1.165, 1.54) is 42.8 Å². The van der Waals surface area contributed by atoms with Gasteiger partial charge in [-0.05, 0) is 76.7 Å². The summed E-state index contributed by atoms with van der Waals surface area (Å²) in [4.78, 5) is 4.12. The zero-order chi connectivity index (χ0) is 13.9. The van der Waals surface area contributed by atoms with E-state index < -0.39 is 0 Å². The predicted molar refractivity (Wildman–Crippen MR) is 85.0 cm³/mol. The zero-order valence-corrected chi connectivity index (χ0v) is 13.6. The van der Waals surface area contributed by atoms with Gasteiger partial charge in [0.25, 0.3) is 0 Å². The molecule has 0 radical (unpaired) electrons. The smallest absolute Gasteiger partial charge is 0.0512 e. The van der Waals surface area contributed by atoms with Crippen molar-refractivity contribution in [1.29, 1.82) is 0 Å². The number of likely N-dealkylation sites (tertiary alicyclic amines) is 1. The van der Waals surface area contributed by atoms with Gasteiger partial charge in [0.05, 0.1) is 6.04 Å². The van der Waals surface area contributed by atoms with Crippen LogP contribution in [-0.4, -0.2) is 30.1 Å². The lowest BCUT2D eigenvalue weighted by atomic mass is 9.87. The van der Waals surface area contributed by atoms with Crippen LogP contribution in [0.25, 0.3) is 0 Å². The fraction of sp³-hybridized carbons (Fsp3) is 0.750. The van der Waals surface area contributed by atoms with Crippen LogP contribution < -0.4 is 5.32 Å². The Morgan fingerprint density at radius 2 is 2.05 bits per heavy atom. The Labute approximate surface area is 122 Å². The predicted octanol–water partition coefficient (Wildman–Crippen LogP) is 3.97. The first-order chi connectivity index (χ1) is 9.07. The van der Waals surface area contributed by atoms with Gasteiger partial charge in [0, 0.05) is 10.4 Å². The fourth-order valence-corrected chi connectivity index (χ4v) is 3.94. The molecule has 0 amide bonds. The summed E-state index contributed by atoms with van der Waals surface area (Å²) in [7, 11) is 0. The third-order valence-corrected chi connectivity index (χ3v) is 5.30. The van der Waals surface area contributed by atoms with Crippen LogP contribution in [0.4, 0.5) is 0 Å². The maximum Gasteiger partial charge on any atom is 0.0512 e. The maximum absolute atomic E-state index is 3.79. The van der Waals surface area contributed by atoms with Gasteiger partial charge in [-0.2, -0.15) is 0 Å². The molecule has 0 aliphatic carbocycles. The summed E-state index contributed by atoms with van der Waals surface area (Å²) in [6, 6.07) is 2.75. The second-order valence-electron chi connectivity index (χ2n) is 6.17. The summed E-state index contributed by atoms with van der Waals surface area (Å²) < 4.78 is 0. The van der Waals surface area contributed by atoms with Gasteiger partial charge in [0.2, 0.25) is 0 Å². The van der Waals surface area contributed by atoms with E-state index in [9.17, 15) is 0 Å². The molecule has 0 aromatic carbocycles. The molecule has 1 saturated heterocycles. The quantitative estimate of drug-likeness (QED) is 0.848. The summed E-state index contributed by atoms with van der Waals surface area (Å²) >= 11 is 1.87. The molecule has 2 heterocycles. The lowest BCUT2D eigenvalue weighted by molar-refractivity contribution is 0.107. The molecule has 2 rings (SSSR count). The third kappa shape index (κ3) is 3.21. The number of nitrogens with one attached hydrogen (secondary N) is 1. The van der Waals surface area contributed by atoms with Gasteiger partial charge < -0.3 is 5.32 Å². The molecule has 19 heavy (non-hydrogen) atoms. The highest BCUT2D eigenvalue weighted by Crippen LogP contribution is 2.36. The van der Waals surface area contributed by atoms with Crippen molar-refractivity contribution in [2.45, 2.75) is 58.5 Å². The van der Waals surface area contributed by atoms with E-state index in [1.54, 1.807) is 0 Å². The Kier molecular flexibility index (Phi) is 5.04. The van der Waals surface area contributed by atoms with Gasteiger partial charge in [-0.15, -0.1) is 11.3 Å². The number of rotatable bonds is 6. The van der Waals surface area contributed by atoms with E-state index in [0.717, 1.165) is 6.54 Å². The van der Waals surface area contributed by atoms with E-state index in [0.29, 0.717) is 6.04 Å². The van der Waals surface area contributed by atoms with E-state index in [1.807, 2.05) is 11.3 Å². The van der Waals surface area contributed by atoms with Gasteiger partial charge in [-0.1, -0.05) is 6.92 Å². The standard InChI is InChI=1S/C16H28N2S/c1-5-9-17-15(14-8-12-19-13(14)2)16(3,4)18-10-6-7-11-18/h8,12,15,17H,5-7,9-11H2,1-4H3. The first-order valence-corrected chi connectivity index (χ1v) is 8.47. The highest BCUT2D eigenvalue weighted by Gasteiger charge is 2.38. The van der Waals surface area contributed by atoms with Crippen molar-refractivity contribution in [3.8, 4) is 0 Å². The molecular weight excluding hydrogens is 252 g/mol. The normalized spacial score (nSPS) is 18.9. The van der Waals surface area contributed by atoms with Crippen molar-refractivity contribution in [1.82, 2.24) is 10.2 Å². The minimum atomic E-state index is 0.192. The van der Waals surface area contributed by atoms with Gasteiger partial charge in [-0.25, -0.2) is 0 Å². The van der Waals surface area contributed by atoms with Crippen LogP contribution in [-0.2, 0) is 0 Å². The molecule has 1 atom stereocenters. The molecule has 0 spiro atoms. The van der Waals surface area contributed by atoms with Gasteiger partial charge in [0.1, 0.15) is 0 Å². The first kappa shape index (κ1) is 15.0. The number of hydrogen-bond donors (Lipinski definition) is 1. The number of nitrogens with zero attached hydrogens (tertiary/aromatic N) is 1. The van der Waals surface area contributed by atoms with E-state index in [2.05, 4.69) is 49.4 Å². The highest BCUT2D eigenvalue weighted by molar-refractivity contribution is 7.10. The number of aryl methyl sites for hydroxylation is 1. The molecule has 1 aromatic rings. The molecule has 1 aliphatic rings. The second-order valence-corrected chi connectivity index (χ2v) is 7.29. The van der Waals surface area contributed by atoms with E-state index in [4.69, 9.17) is 0 Å². The molecule has 2 nitrogen and oxygen atoms in total. The first-order valence-electron chi connectivity index (χ1n) is 7.59. The highest BCUT2D eigenvalue weighted by atomic mass is 32.1. The van der Waals surface area contributed by atoms with Crippen LogP contribution in [0, 0.1) is 6.92 Å². The molecule has 1 N–H and O–H groups in total. The van der Waals surface area contributed by atoms with Gasteiger partial charge in [-0.3, -0.25) is 4.90 Å². The van der Waals surface area contributed by atoms with Crippen molar-refractivity contribution >= 4 is 11.3 Å². The van der Waals surface area contributed by atoms with Crippen LogP contribution in [0.3, 0.4) is 0 Å². The summed E-state index contributed by atoms with van der Waals surface area (Å²) in [6.45, 7) is 12.9. The molecule has 0 bridgehead atoms. The SMILES string of the molecule is CCCNC(c1ccsc1C)C(C)(C)N1CCCC1. The molecule has 1 aliphatic heterocycles. The molecule has 0 saturated carbocycles. The van der Waals surface area contributed by atoms with Crippen LogP contribution in [0.2, 0.25) is 0 Å². The Balaban J connectivity index is 2.23. The average molecular weight is 280 g/mol. The monoisotopic (exact) mass is 280 g/mol. The van der Waals surface area contributed by atoms with Crippen molar-refractivity contribution in [2.75, 3.05) is 19.6 Å². The van der Waals surface area contributed by atoms with Crippen LogP contribution >= 0.6 is 11.3 Å². The Bertz CT molecular complexity index is 391. The largest absolute Gasteiger partial charge is 0.308 e. The minimum Gasteiger partial charge on any atom is -0.308 e. The summed E-state index contributed by atoms with van der Waals surface area (Å²) in [5.41, 5.74) is 1.69. The fourth-order valence-electron chi connectivity index (χ4n) is 3.20. The molecule has 108 valence electrons. The Morgan fingerprint density at radius 3 is 2.58 bits per heavy atom.